The van der Waals surface area contributed by atoms with E-state index < -0.39 is 0 Å². The third-order valence-corrected chi connectivity index (χ3v) is 3.65. The van der Waals surface area contributed by atoms with Gasteiger partial charge in [0.25, 0.3) is 5.91 Å². The number of nitrogens with zero attached hydrogens (tertiary/aromatic N) is 1. The average molecular weight is 322 g/mol. The summed E-state index contributed by atoms with van der Waals surface area (Å²) in [4.78, 5) is 11.8. The number of carbonyl (C=O) groups excluding carboxylic acids is 1. The number of benzene rings is 2. The minimum atomic E-state index is -0.291. The van der Waals surface area contributed by atoms with Gasteiger partial charge in [0.15, 0.2) is 0 Å². The molecule has 0 radical (unpaired) electrons. The van der Waals surface area contributed by atoms with Crippen molar-refractivity contribution in [2.24, 2.45) is 5.10 Å². The van der Waals surface area contributed by atoms with Gasteiger partial charge in [0.05, 0.1) is 5.71 Å². The van der Waals surface area contributed by atoms with Crippen molar-refractivity contribution in [3.63, 3.8) is 0 Å². The van der Waals surface area contributed by atoms with Gasteiger partial charge in [0, 0.05) is 6.08 Å². The highest BCUT2D eigenvalue weighted by Gasteiger charge is 2.00. The highest BCUT2D eigenvalue weighted by atomic mass is 16.3. The zero-order valence-electron chi connectivity index (χ0n) is 14.2. The second-order valence-corrected chi connectivity index (χ2v) is 5.87. The molecule has 0 saturated heterocycles. The van der Waals surface area contributed by atoms with Crippen LogP contribution in [0.25, 0.3) is 6.08 Å². The topological polar surface area (TPSA) is 61.7 Å². The van der Waals surface area contributed by atoms with Crippen molar-refractivity contribution in [3.05, 3.63) is 71.3 Å². The molecule has 0 bridgehead atoms. The van der Waals surface area contributed by atoms with Crippen LogP contribution >= 0.6 is 0 Å². The molecule has 0 unspecified atom stereocenters. The molecule has 4 nitrogen and oxygen atoms in total. The quantitative estimate of drug-likeness (QED) is 0.495. The van der Waals surface area contributed by atoms with Crippen LogP contribution in [0.4, 0.5) is 0 Å². The Labute approximate surface area is 142 Å². The SMILES string of the molecule is C/C(=N\NC(=O)/C=C/c1ccc(C(C)C)cc1)c1ccc(O)cc1. The van der Waals surface area contributed by atoms with Crippen molar-refractivity contribution >= 4 is 17.7 Å². The molecule has 0 fully saturated rings. The predicted molar refractivity (Wildman–Crippen MR) is 98.0 cm³/mol. The summed E-state index contributed by atoms with van der Waals surface area (Å²) < 4.78 is 0. The molecule has 4 heteroatoms. The summed E-state index contributed by atoms with van der Waals surface area (Å²) in [5.41, 5.74) is 6.23. The minimum absolute atomic E-state index is 0.196. The Morgan fingerprint density at radius 3 is 2.29 bits per heavy atom. The van der Waals surface area contributed by atoms with E-state index in [0.717, 1.165) is 11.1 Å². The maximum absolute atomic E-state index is 11.8. The van der Waals surface area contributed by atoms with Crippen molar-refractivity contribution in [2.45, 2.75) is 26.7 Å². The fourth-order valence-electron chi connectivity index (χ4n) is 2.11. The number of hydrazone groups is 1. The van der Waals surface area contributed by atoms with Gasteiger partial charge >= 0.3 is 0 Å². The van der Waals surface area contributed by atoms with Crippen LogP contribution in [0.3, 0.4) is 0 Å². The average Bonchev–Trinajstić information content (AvgIpc) is 2.58. The molecule has 0 aliphatic heterocycles. The summed E-state index contributed by atoms with van der Waals surface area (Å²) in [6.45, 7) is 6.08. The number of phenolic OH excluding ortho intramolecular Hbond substituents is 1. The Morgan fingerprint density at radius 2 is 1.71 bits per heavy atom. The smallest absolute Gasteiger partial charge is 0.264 e. The number of rotatable bonds is 5. The molecule has 0 spiro atoms. The number of hydrogen-bond acceptors (Lipinski definition) is 3. The highest BCUT2D eigenvalue weighted by molar-refractivity contribution is 6.00. The van der Waals surface area contributed by atoms with Crippen LogP contribution < -0.4 is 5.43 Å². The van der Waals surface area contributed by atoms with E-state index in [4.69, 9.17) is 0 Å². The Hall–Kier alpha value is -2.88. The van der Waals surface area contributed by atoms with Crippen LogP contribution in [0.15, 0.2) is 59.7 Å². The maximum Gasteiger partial charge on any atom is 0.264 e. The number of phenols is 1. The van der Waals surface area contributed by atoms with Gasteiger partial charge in [-0.05, 0) is 59.9 Å². The lowest BCUT2D eigenvalue weighted by molar-refractivity contribution is -0.116. The Kier molecular flexibility index (Phi) is 5.90. The first-order valence-corrected chi connectivity index (χ1v) is 7.87. The summed E-state index contributed by atoms with van der Waals surface area (Å²) >= 11 is 0. The van der Waals surface area contributed by atoms with E-state index in [9.17, 15) is 9.90 Å². The lowest BCUT2D eigenvalue weighted by Gasteiger charge is -2.04. The molecule has 24 heavy (non-hydrogen) atoms. The lowest BCUT2D eigenvalue weighted by Crippen LogP contribution is -2.16. The van der Waals surface area contributed by atoms with E-state index in [1.807, 2.05) is 12.1 Å². The van der Waals surface area contributed by atoms with Crippen molar-refractivity contribution in [1.29, 1.82) is 0 Å². The molecule has 0 atom stereocenters. The van der Waals surface area contributed by atoms with E-state index in [1.165, 1.54) is 11.6 Å². The molecular formula is C20H22N2O2. The van der Waals surface area contributed by atoms with Crippen LogP contribution in [-0.4, -0.2) is 16.7 Å². The van der Waals surface area contributed by atoms with Gasteiger partial charge in [-0.25, -0.2) is 5.43 Å². The van der Waals surface area contributed by atoms with E-state index in [-0.39, 0.29) is 11.7 Å². The fourth-order valence-corrected chi connectivity index (χ4v) is 2.11. The normalized spacial score (nSPS) is 11.9. The van der Waals surface area contributed by atoms with Crippen LogP contribution in [0, 0.1) is 0 Å². The lowest BCUT2D eigenvalue weighted by atomic mass is 10.0. The van der Waals surface area contributed by atoms with Crippen molar-refractivity contribution < 1.29 is 9.90 Å². The molecular weight excluding hydrogens is 300 g/mol. The first-order valence-electron chi connectivity index (χ1n) is 7.87. The number of aromatic hydroxyl groups is 1. The summed E-state index contributed by atoms with van der Waals surface area (Å²) in [5.74, 6) is 0.395. The standard InChI is InChI=1S/C20H22N2O2/c1-14(2)17-7-4-16(5-8-17)6-13-20(24)22-21-15(3)18-9-11-19(23)12-10-18/h4-14,23H,1-3H3,(H,22,24)/b13-6+,21-15+. The monoisotopic (exact) mass is 322 g/mol. The van der Waals surface area contributed by atoms with Gasteiger partial charge in [0.1, 0.15) is 5.75 Å². The largest absolute Gasteiger partial charge is 0.508 e. The molecule has 2 aromatic carbocycles. The molecule has 0 heterocycles. The summed E-state index contributed by atoms with van der Waals surface area (Å²) in [5, 5.41) is 13.3. The first-order chi connectivity index (χ1) is 11.5. The van der Waals surface area contributed by atoms with Crippen molar-refractivity contribution in [3.8, 4) is 5.75 Å². The van der Waals surface area contributed by atoms with Gasteiger partial charge in [-0.1, -0.05) is 38.1 Å². The highest BCUT2D eigenvalue weighted by Crippen LogP contribution is 2.15. The summed E-state index contributed by atoms with van der Waals surface area (Å²) in [7, 11) is 0. The van der Waals surface area contributed by atoms with Crippen LogP contribution in [0.5, 0.6) is 5.75 Å². The van der Waals surface area contributed by atoms with Crippen LogP contribution in [0.2, 0.25) is 0 Å². The van der Waals surface area contributed by atoms with Crippen molar-refractivity contribution in [2.75, 3.05) is 0 Å². The Morgan fingerprint density at radius 1 is 1.08 bits per heavy atom. The van der Waals surface area contributed by atoms with Crippen molar-refractivity contribution in [1.82, 2.24) is 5.43 Å². The number of nitrogens with one attached hydrogen (secondary N) is 1. The maximum atomic E-state index is 11.8. The van der Waals surface area contributed by atoms with Crippen LogP contribution in [-0.2, 0) is 4.79 Å². The number of hydrogen-bond donors (Lipinski definition) is 2. The molecule has 2 N–H and O–H groups in total. The van der Waals surface area contributed by atoms with Gasteiger partial charge in [-0.15, -0.1) is 0 Å². The molecule has 1 amide bonds. The first kappa shape index (κ1) is 17.5. The minimum Gasteiger partial charge on any atom is -0.508 e. The molecule has 124 valence electrons. The zero-order valence-corrected chi connectivity index (χ0v) is 14.2. The van der Waals surface area contributed by atoms with E-state index in [1.54, 1.807) is 37.3 Å². The van der Waals surface area contributed by atoms with Gasteiger partial charge in [-0.3, -0.25) is 4.79 Å². The number of amides is 1. The van der Waals surface area contributed by atoms with Gasteiger partial charge < -0.3 is 5.11 Å². The molecule has 0 aliphatic rings. The predicted octanol–water partition coefficient (Wildman–Crippen LogP) is 4.07. The second-order valence-electron chi connectivity index (χ2n) is 5.87. The third kappa shape index (κ3) is 5.09. The zero-order chi connectivity index (χ0) is 17.5. The fraction of sp³-hybridized carbons (Fsp3) is 0.200. The third-order valence-electron chi connectivity index (χ3n) is 3.65. The Bertz CT molecular complexity index is 742. The summed E-state index contributed by atoms with van der Waals surface area (Å²) in [6, 6.07) is 14.8. The molecule has 2 rings (SSSR count). The Balaban J connectivity index is 1.94. The molecule has 0 aliphatic carbocycles. The van der Waals surface area contributed by atoms with E-state index >= 15 is 0 Å². The van der Waals surface area contributed by atoms with E-state index in [2.05, 4.69) is 36.5 Å². The number of carbonyl (C=O) groups is 1. The van der Waals surface area contributed by atoms with Gasteiger partial charge in [0.2, 0.25) is 0 Å². The molecule has 0 saturated carbocycles. The van der Waals surface area contributed by atoms with Gasteiger partial charge in [-0.2, -0.15) is 5.10 Å². The van der Waals surface area contributed by atoms with Crippen LogP contribution in [0.1, 0.15) is 43.4 Å². The summed E-state index contributed by atoms with van der Waals surface area (Å²) in [6.07, 6.45) is 3.21. The molecule has 2 aromatic rings. The molecule has 0 aromatic heterocycles. The second kappa shape index (κ2) is 8.11. The van der Waals surface area contributed by atoms with E-state index in [0.29, 0.717) is 11.6 Å².